The molecule has 0 N–H and O–H groups in total. The van der Waals surface area contributed by atoms with Gasteiger partial charge in [0, 0.05) is 74.5 Å². The van der Waals surface area contributed by atoms with Crippen LogP contribution in [0, 0.1) is 0 Å². The fraction of sp³-hybridized carbons (Fsp3) is 0.0833. The van der Waals surface area contributed by atoms with Crippen LogP contribution in [0.4, 0.5) is 22.7 Å². The molecule has 52 heavy (non-hydrogen) atoms. The summed E-state index contributed by atoms with van der Waals surface area (Å²) in [5, 5.41) is 5.23. The fourth-order valence-corrected chi connectivity index (χ4v) is 9.88. The lowest BCUT2D eigenvalue weighted by Crippen LogP contribution is -2.15. The monoisotopic (exact) mass is 704 g/mol. The van der Waals surface area contributed by atoms with Gasteiger partial charge < -0.3 is 9.80 Å². The fourth-order valence-electron chi connectivity index (χ4n) is 7.75. The molecule has 0 radical (unpaired) electrons. The van der Waals surface area contributed by atoms with Crippen LogP contribution in [0.5, 0.6) is 0 Å². The molecule has 0 bridgehead atoms. The van der Waals surface area contributed by atoms with Crippen molar-refractivity contribution in [3.63, 3.8) is 0 Å². The number of allylic oxidation sites excluding steroid dienone is 6. The minimum atomic E-state index is 1.06. The molecule has 0 amide bonds. The maximum absolute atomic E-state index is 2.41. The van der Waals surface area contributed by atoms with Crippen molar-refractivity contribution in [2.24, 2.45) is 0 Å². The number of anilines is 4. The van der Waals surface area contributed by atoms with Crippen molar-refractivity contribution in [3.05, 3.63) is 181 Å². The van der Waals surface area contributed by atoms with E-state index in [1.54, 1.807) is 0 Å². The van der Waals surface area contributed by atoms with Crippen LogP contribution in [0.1, 0.15) is 25.7 Å². The third kappa shape index (κ3) is 5.56. The van der Waals surface area contributed by atoms with Crippen LogP contribution in [0.2, 0.25) is 0 Å². The molecular weight excluding hydrogens is 669 g/mol. The molecule has 0 spiro atoms. The highest BCUT2D eigenvalue weighted by Crippen LogP contribution is 2.43. The number of hydrogen-bond donors (Lipinski definition) is 0. The van der Waals surface area contributed by atoms with Crippen LogP contribution in [0.25, 0.3) is 51.5 Å². The summed E-state index contributed by atoms with van der Waals surface area (Å²) >= 11 is 3.76. The molecule has 4 heteroatoms. The molecule has 8 aromatic rings. The predicted octanol–water partition coefficient (Wildman–Crippen LogP) is 14.8. The molecule has 2 nitrogen and oxygen atoms in total. The van der Waals surface area contributed by atoms with E-state index in [1.807, 2.05) is 22.7 Å². The van der Waals surface area contributed by atoms with Crippen molar-refractivity contribution in [2.45, 2.75) is 25.7 Å². The van der Waals surface area contributed by atoms with Crippen LogP contribution >= 0.6 is 22.7 Å². The van der Waals surface area contributed by atoms with Gasteiger partial charge in [0.25, 0.3) is 0 Å². The van der Waals surface area contributed by atoms with Crippen molar-refractivity contribution in [3.8, 4) is 11.1 Å². The molecule has 2 aromatic heterocycles. The maximum Gasteiger partial charge on any atom is 0.0468 e. The summed E-state index contributed by atoms with van der Waals surface area (Å²) < 4.78 is 5.26. The highest BCUT2D eigenvalue weighted by molar-refractivity contribution is 7.26. The van der Waals surface area contributed by atoms with Gasteiger partial charge in [-0.1, -0.05) is 72.8 Å². The van der Waals surface area contributed by atoms with E-state index in [0.29, 0.717) is 0 Å². The Balaban J connectivity index is 1.07. The van der Waals surface area contributed by atoms with Gasteiger partial charge in [0.1, 0.15) is 0 Å². The summed E-state index contributed by atoms with van der Waals surface area (Å²) in [5.41, 5.74) is 9.69. The summed E-state index contributed by atoms with van der Waals surface area (Å²) in [4.78, 5) is 4.79. The van der Waals surface area contributed by atoms with Crippen LogP contribution < -0.4 is 9.80 Å². The average molecular weight is 705 g/mol. The van der Waals surface area contributed by atoms with Crippen molar-refractivity contribution in [1.82, 2.24) is 0 Å². The average Bonchev–Trinajstić information content (AvgIpc) is 3.77. The molecule has 10 rings (SSSR count). The molecule has 2 aliphatic carbocycles. The van der Waals surface area contributed by atoms with E-state index < -0.39 is 0 Å². The third-order valence-corrected chi connectivity index (χ3v) is 12.6. The minimum absolute atomic E-state index is 1.06. The number of nitrogens with zero attached hydrogens (tertiary/aromatic N) is 2. The molecule has 0 fully saturated rings. The Morgan fingerprint density at radius 3 is 1.17 bits per heavy atom. The van der Waals surface area contributed by atoms with Gasteiger partial charge in [-0.05, 0) is 134 Å². The van der Waals surface area contributed by atoms with Gasteiger partial charge in [0.15, 0.2) is 0 Å². The third-order valence-electron chi connectivity index (χ3n) is 10.3. The summed E-state index contributed by atoms with van der Waals surface area (Å²) in [7, 11) is 0. The molecule has 2 aliphatic rings. The Kier molecular flexibility index (Phi) is 7.85. The second-order valence-corrected chi connectivity index (χ2v) is 15.7. The lowest BCUT2D eigenvalue weighted by atomic mass is 10.00. The number of rotatable bonds is 7. The summed E-state index contributed by atoms with van der Waals surface area (Å²) in [6, 6.07) is 49.5. The van der Waals surface area contributed by atoms with Crippen LogP contribution in [-0.4, -0.2) is 0 Å². The summed E-state index contributed by atoms with van der Waals surface area (Å²) in [5.74, 6) is 0. The number of para-hydroxylation sites is 2. The molecule has 0 aliphatic heterocycles. The number of thiophene rings is 2. The molecule has 6 aromatic carbocycles. The molecule has 2 heterocycles. The zero-order valence-electron chi connectivity index (χ0n) is 28.7. The van der Waals surface area contributed by atoms with Gasteiger partial charge in [-0.3, -0.25) is 0 Å². The first-order valence-electron chi connectivity index (χ1n) is 18.1. The minimum Gasteiger partial charge on any atom is -0.311 e. The first kappa shape index (κ1) is 31.1. The van der Waals surface area contributed by atoms with E-state index in [9.17, 15) is 0 Å². The zero-order chi connectivity index (χ0) is 34.4. The quantitative estimate of drug-likeness (QED) is 0.163. The van der Waals surface area contributed by atoms with Crippen molar-refractivity contribution >= 4 is 85.8 Å². The van der Waals surface area contributed by atoms with Gasteiger partial charge in [0.2, 0.25) is 0 Å². The second kappa shape index (κ2) is 13.1. The predicted molar refractivity (Wildman–Crippen MR) is 228 cm³/mol. The second-order valence-electron chi connectivity index (χ2n) is 13.5. The lowest BCUT2D eigenvalue weighted by Gasteiger charge is -2.27. The number of hydrogen-bond acceptors (Lipinski definition) is 4. The van der Waals surface area contributed by atoms with E-state index in [-0.39, 0.29) is 0 Å². The van der Waals surface area contributed by atoms with Gasteiger partial charge in [0.05, 0.1) is 0 Å². The molecular formula is C48H36N2S2. The standard InChI is InChI=1S/C48H36N2S2/c1-5-13-35(14-6-1)49(36-15-7-2-8-16-36)39-23-27-47-43(31-39)41-29-33(21-25-45(41)51-47)34-22-26-46-42(30-34)44-32-40(24-28-48(44)52-46)50(37-17-9-3-10-18-37)38-19-11-4-12-20-38/h1,3,5-7,9-11,13-32H,2,4,8,12H2. The summed E-state index contributed by atoms with van der Waals surface area (Å²) in [6.07, 6.45) is 18.1. The van der Waals surface area contributed by atoms with Crippen LogP contribution in [0.15, 0.2) is 181 Å². The van der Waals surface area contributed by atoms with Crippen molar-refractivity contribution in [2.75, 3.05) is 9.80 Å². The van der Waals surface area contributed by atoms with Gasteiger partial charge >= 0.3 is 0 Å². The van der Waals surface area contributed by atoms with Crippen molar-refractivity contribution in [1.29, 1.82) is 0 Å². The highest BCUT2D eigenvalue weighted by atomic mass is 32.1. The molecule has 0 saturated heterocycles. The first-order valence-corrected chi connectivity index (χ1v) is 19.8. The Bertz CT molecular complexity index is 2550. The Labute approximate surface area is 312 Å². The normalized spacial score (nSPS) is 14.3. The molecule has 0 unspecified atom stereocenters. The largest absolute Gasteiger partial charge is 0.311 e. The Morgan fingerprint density at radius 1 is 0.365 bits per heavy atom. The maximum atomic E-state index is 2.41. The van der Waals surface area contributed by atoms with Gasteiger partial charge in [-0.15, -0.1) is 22.7 Å². The lowest BCUT2D eigenvalue weighted by molar-refractivity contribution is 0.997. The Morgan fingerprint density at radius 2 is 0.769 bits per heavy atom. The smallest absolute Gasteiger partial charge is 0.0468 e. The van der Waals surface area contributed by atoms with Crippen molar-refractivity contribution < 1.29 is 0 Å². The molecule has 250 valence electrons. The van der Waals surface area contributed by atoms with Crippen LogP contribution in [0.3, 0.4) is 0 Å². The van der Waals surface area contributed by atoms with Gasteiger partial charge in [-0.2, -0.15) is 0 Å². The number of benzene rings is 6. The van der Waals surface area contributed by atoms with Crippen LogP contribution in [-0.2, 0) is 0 Å². The highest BCUT2D eigenvalue weighted by Gasteiger charge is 2.18. The number of fused-ring (bicyclic) bond motifs is 6. The first-order chi connectivity index (χ1) is 25.8. The van der Waals surface area contributed by atoms with Gasteiger partial charge in [-0.25, -0.2) is 0 Å². The summed E-state index contributed by atoms with van der Waals surface area (Å²) in [6.45, 7) is 0. The SMILES string of the molecule is C1=CC(N(c2ccccc2)c2ccc3sc4ccc(-c5ccc6sc7ccc(N(C8=CCCC=C8)c8ccccc8)cc7c6c5)cc4c3c2)=CCC1. The zero-order valence-corrected chi connectivity index (χ0v) is 30.3. The van der Waals surface area contributed by atoms with E-state index in [1.165, 1.54) is 85.6 Å². The van der Waals surface area contributed by atoms with E-state index in [0.717, 1.165) is 25.7 Å². The molecule has 0 atom stereocenters. The van der Waals surface area contributed by atoms with E-state index in [2.05, 4.69) is 180 Å². The topological polar surface area (TPSA) is 6.48 Å². The Hall–Kier alpha value is -5.68. The van der Waals surface area contributed by atoms with E-state index >= 15 is 0 Å². The molecule has 0 saturated carbocycles. The van der Waals surface area contributed by atoms with E-state index in [4.69, 9.17) is 0 Å².